The van der Waals surface area contributed by atoms with Crippen LogP contribution in [0.1, 0.15) is 20.7 Å². The fraction of sp³-hybridized carbons (Fsp3) is 0.0333. The summed E-state index contributed by atoms with van der Waals surface area (Å²) < 4.78 is 18.5. The average molecular weight is 461 g/mol. The van der Waals surface area contributed by atoms with E-state index in [9.17, 15) is 14.0 Å². The third-order valence-electron chi connectivity index (χ3n) is 5.72. The van der Waals surface area contributed by atoms with E-state index in [1.54, 1.807) is 12.1 Å². The normalized spacial score (nSPS) is 10.8. The summed E-state index contributed by atoms with van der Waals surface area (Å²) in [6.45, 7) is -0.442. The van der Waals surface area contributed by atoms with Gasteiger partial charge >= 0.3 is 5.97 Å². The lowest BCUT2D eigenvalue weighted by molar-refractivity contribution is 0.0476. The van der Waals surface area contributed by atoms with Crippen LogP contribution in [0.5, 0.6) is 0 Å². The quantitative estimate of drug-likeness (QED) is 0.207. The number of hydrogen-bond acceptors (Lipinski definition) is 4. The smallest absolute Gasteiger partial charge is 0.339 e. The van der Waals surface area contributed by atoms with Gasteiger partial charge in [0.05, 0.1) is 16.8 Å². The Morgan fingerprint density at radius 2 is 1.34 bits per heavy atom. The number of Topliss-reactive ketones (excluding diaryl/α,β-unsaturated/α-hetero) is 1. The Balaban J connectivity index is 1.43. The number of hydrogen-bond donors (Lipinski definition) is 0. The molecule has 0 radical (unpaired) electrons. The average Bonchev–Trinajstić information content (AvgIpc) is 2.92. The van der Waals surface area contributed by atoms with Crippen LogP contribution in [-0.2, 0) is 4.74 Å². The van der Waals surface area contributed by atoms with Crippen LogP contribution in [0.15, 0.2) is 109 Å². The maximum Gasteiger partial charge on any atom is 0.339 e. The zero-order valence-corrected chi connectivity index (χ0v) is 18.6. The third-order valence-corrected chi connectivity index (χ3v) is 5.72. The topological polar surface area (TPSA) is 56.3 Å². The lowest BCUT2D eigenvalue weighted by Gasteiger charge is -2.11. The van der Waals surface area contributed by atoms with Gasteiger partial charge in [-0.1, -0.05) is 72.8 Å². The number of aromatic nitrogens is 1. The van der Waals surface area contributed by atoms with Crippen LogP contribution in [0.2, 0.25) is 0 Å². The first-order chi connectivity index (χ1) is 17.1. The van der Waals surface area contributed by atoms with Crippen molar-refractivity contribution in [3.63, 3.8) is 0 Å². The summed E-state index contributed by atoms with van der Waals surface area (Å²) in [4.78, 5) is 30.1. The molecule has 0 aliphatic carbocycles. The number of nitrogens with zero attached hydrogens (tertiary/aromatic N) is 1. The molecule has 0 aliphatic rings. The maximum absolute atomic E-state index is 13.1. The Kier molecular flexibility index (Phi) is 6.14. The zero-order valence-electron chi connectivity index (χ0n) is 18.6. The van der Waals surface area contributed by atoms with Crippen molar-refractivity contribution < 1.29 is 18.7 Å². The van der Waals surface area contributed by atoms with Gasteiger partial charge in [0.1, 0.15) is 5.82 Å². The highest BCUT2D eigenvalue weighted by atomic mass is 19.1. The largest absolute Gasteiger partial charge is 0.454 e. The van der Waals surface area contributed by atoms with E-state index in [0.717, 1.165) is 16.7 Å². The molecule has 170 valence electrons. The third kappa shape index (κ3) is 4.84. The molecule has 0 fully saturated rings. The fourth-order valence-electron chi connectivity index (χ4n) is 3.88. The first-order valence-corrected chi connectivity index (χ1v) is 11.1. The number of ketones is 1. The second kappa shape index (κ2) is 9.69. The molecule has 0 saturated carbocycles. The number of halogens is 1. The van der Waals surface area contributed by atoms with Crippen molar-refractivity contribution in [1.29, 1.82) is 0 Å². The van der Waals surface area contributed by atoms with Gasteiger partial charge in [-0.15, -0.1) is 0 Å². The fourth-order valence-corrected chi connectivity index (χ4v) is 3.88. The first kappa shape index (κ1) is 22.2. The van der Waals surface area contributed by atoms with Gasteiger partial charge in [0, 0.05) is 16.5 Å². The van der Waals surface area contributed by atoms with Crippen LogP contribution in [0.4, 0.5) is 4.39 Å². The minimum atomic E-state index is -0.624. The van der Waals surface area contributed by atoms with Gasteiger partial charge < -0.3 is 4.74 Å². The molecule has 5 rings (SSSR count). The molecule has 1 heterocycles. The summed E-state index contributed by atoms with van der Waals surface area (Å²) in [5, 5.41) is 0.636. The van der Waals surface area contributed by atoms with E-state index in [-0.39, 0.29) is 5.56 Å². The molecular weight excluding hydrogens is 441 g/mol. The van der Waals surface area contributed by atoms with E-state index in [2.05, 4.69) is 0 Å². The Labute approximate surface area is 201 Å². The number of fused-ring (bicyclic) bond motifs is 1. The SMILES string of the molecule is O=C(COC(=O)c1cc(-c2ccc(-c3ccccc3)cc2)nc2ccccc12)c1ccc(F)cc1. The molecule has 4 nitrogen and oxygen atoms in total. The maximum atomic E-state index is 13.1. The second-order valence-corrected chi connectivity index (χ2v) is 8.02. The van der Waals surface area contributed by atoms with Crippen LogP contribution >= 0.6 is 0 Å². The molecular formula is C30H20FNO3. The van der Waals surface area contributed by atoms with Crippen molar-refractivity contribution in [3.05, 3.63) is 126 Å². The number of esters is 1. The minimum absolute atomic E-state index is 0.276. The summed E-state index contributed by atoms with van der Waals surface area (Å²) in [6.07, 6.45) is 0. The van der Waals surface area contributed by atoms with Gasteiger partial charge in [0.25, 0.3) is 0 Å². The molecule has 0 atom stereocenters. The molecule has 5 aromatic rings. The number of carbonyl (C=O) groups excluding carboxylic acids is 2. The minimum Gasteiger partial charge on any atom is -0.454 e. The Morgan fingerprint density at radius 3 is 2.09 bits per heavy atom. The molecule has 0 amide bonds. The summed E-state index contributed by atoms with van der Waals surface area (Å²) in [6, 6.07) is 32.1. The standard InChI is InChI=1S/C30H20FNO3/c31-24-16-14-23(15-17-24)29(33)19-35-30(34)26-18-28(32-27-9-5-4-8-25(26)27)22-12-10-21(11-13-22)20-6-2-1-3-7-20/h1-18H,19H2. The molecule has 0 aliphatic heterocycles. The van der Waals surface area contributed by atoms with Crippen molar-refractivity contribution in [3.8, 4) is 22.4 Å². The van der Waals surface area contributed by atoms with Gasteiger partial charge in [-0.2, -0.15) is 0 Å². The van der Waals surface area contributed by atoms with Crippen molar-refractivity contribution in [1.82, 2.24) is 4.98 Å². The first-order valence-electron chi connectivity index (χ1n) is 11.1. The van der Waals surface area contributed by atoms with Gasteiger partial charge in [-0.25, -0.2) is 14.2 Å². The van der Waals surface area contributed by atoms with Crippen molar-refractivity contribution in [2.75, 3.05) is 6.61 Å². The number of rotatable bonds is 6. The van der Waals surface area contributed by atoms with Gasteiger partial charge in [-0.3, -0.25) is 4.79 Å². The summed E-state index contributed by atoms with van der Waals surface area (Å²) in [5.74, 6) is -1.47. The molecule has 1 aromatic heterocycles. The van der Waals surface area contributed by atoms with Crippen LogP contribution in [0.25, 0.3) is 33.3 Å². The van der Waals surface area contributed by atoms with E-state index < -0.39 is 24.2 Å². The van der Waals surface area contributed by atoms with E-state index in [4.69, 9.17) is 9.72 Å². The lowest BCUT2D eigenvalue weighted by atomic mass is 10.0. The van der Waals surface area contributed by atoms with E-state index >= 15 is 0 Å². The molecule has 0 spiro atoms. The molecule has 4 aromatic carbocycles. The Morgan fingerprint density at radius 1 is 0.714 bits per heavy atom. The summed E-state index contributed by atoms with van der Waals surface area (Å²) >= 11 is 0. The second-order valence-electron chi connectivity index (χ2n) is 8.02. The number of para-hydroxylation sites is 1. The molecule has 0 N–H and O–H groups in total. The van der Waals surface area contributed by atoms with Crippen LogP contribution in [0, 0.1) is 5.82 Å². The molecule has 0 bridgehead atoms. The van der Waals surface area contributed by atoms with Crippen molar-refractivity contribution in [2.24, 2.45) is 0 Å². The highest BCUT2D eigenvalue weighted by Crippen LogP contribution is 2.28. The van der Waals surface area contributed by atoms with Gasteiger partial charge in [-0.05, 0) is 47.5 Å². The Hall–Kier alpha value is -4.64. The molecule has 0 saturated heterocycles. The summed E-state index contributed by atoms with van der Waals surface area (Å²) in [7, 11) is 0. The van der Waals surface area contributed by atoms with Crippen LogP contribution in [-0.4, -0.2) is 23.3 Å². The number of benzene rings is 4. The number of ether oxygens (including phenoxy) is 1. The predicted molar refractivity (Wildman–Crippen MR) is 134 cm³/mol. The number of pyridine rings is 1. The monoisotopic (exact) mass is 461 g/mol. The van der Waals surface area contributed by atoms with E-state index in [1.807, 2.05) is 72.8 Å². The highest BCUT2D eigenvalue weighted by Gasteiger charge is 2.17. The van der Waals surface area contributed by atoms with Crippen molar-refractivity contribution in [2.45, 2.75) is 0 Å². The van der Waals surface area contributed by atoms with Gasteiger partial charge in [0.15, 0.2) is 12.4 Å². The van der Waals surface area contributed by atoms with Gasteiger partial charge in [0.2, 0.25) is 0 Å². The number of carbonyl (C=O) groups is 2. The predicted octanol–water partition coefficient (Wildman–Crippen LogP) is 6.75. The molecule has 0 unspecified atom stereocenters. The highest BCUT2D eigenvalue weighted by molar-refractivity contribution is 6.06. The van der Waals surface area contributed by atoms with Crippen molar-refractivity contribution >= 4 is 22.7 Å². The lowest BCUT2D eigenvalue weighted by Crippen LogP contribution is -2.15. The Bertz CT molecular complexity index is 1510. The molecule has 5 heteroatoms. The van der Waals surface area contributed by atoms with E-state index in [1.165, 1.54) is 24.3 Å². The van der Waals surface area contributed by atoms with E-state index in [0.29, 0.717) is 22.2 Å². The summed E-state index contributed by atoms with van der Waals surface area (Å²) in [5.41, 5.74) is 4.92. The zero-order chi connectivity index (χ0) is 24.2. The molecule has 35 heavy (non-hydrogen) atoms. The van der Waals surface area contributed by atoms with Crippen LogP contribution in [0.3, 0.4) is 0 Å². The van der Waals surface area contributed by atoms with Crippen LogP contribution < -0.4 is 0 Å².